The quantitative estimate of drug-likeness (QED) is 0.469. The van der Waals surface area contributed by atoms with E-state index in [4.69, 9.17) is 16.3 Å². The Kier molecular flexibility index (Phi) is 9.62. The number of hydrogen-bond donors (Lipinski definition) is 1. The third-order valence-corrected chi connectivity index (χ3v) is 7.92. The molecule has 0 aromatic heterocycles. The van der Waals surface area contributed by atoms with Crippen molar-refractivity contribution in [1.82, 2.24) is 10.2 Å². The molecule has 1 atom stereocenters. The molecule has 1 aliphatic rings. The lowest BCUT2D eigenvalue weighted by molar-refractivity contribution is -0.140. The number of nitrogens with zero attached hydrogens (tertiary/aromatic N) is 2. The fourth-order valence-corrected chi connectivity index (χ4v) is 5.51. The molecule has 0 saturated heterocycles. The van der Waals surface area contributed by atoms with Crippen LogP contribution >= 0.6 is 11.6 Å². The van der Waals surface area contributed by atoms with Crippen molar-refractivity contribution >= 4 is 39.1 Å². The van der Waals surface area contributed by atoms with Crippen molar-refractivity contribution in [1.29, 1.82) is 0 Å². The number of ether oxygens (including phenoxy) is 1. The number of nitrogens with one attached hydrogen (secondary N) is 1. The Hall–Kier alpha value is -2.78. The number of carbonyl (C=O) groups excluding carboxylic acids is 2. The molecule has 2 aromatic carbocycles. The molecular formula is C26H34ClN3O5S. The van der Waals surface area contributed by atoms with E-state index in [0.29, 0.717) is 28.4 Å². The highest BCUT2D eigenvalue weighted by molar-refractivity contribution is 7.92. The molecule has 0 aliphatic heterocycles. The van der Waals surface area contributed by atoms with Crippen molar-refractivity contribution in [2.75, 3.05) is 24.2 Å². The monoisotopic (exact) mass is 535 g/mol. The van der Waals surface area contributed by atoms with Gasteiger partial charge in [-0.3, -0.25) is 13.9 Å². The lowest BCUT2D eigenvalue weighted by atomic mass is 10.1. The summed E-state index contributed by atoms with van der Waals surface area (Å²) in [5, 5.41) is 3.55. The minimum absolute atomic E-state index is 0.0742. The van der Waals surface area contributed by atoms with Crippen molar-refractivity contribution < 1.29 is 22.7 Å². The van der Waals surface area contributed by atoms with Crippen molar-refractivity contribution in [3.63, 3.8) is 0 Å². The second-order valence-corrected chi connectivity index (χ2v) is 11.3. The van der Waals surface area contributed by atoms with Crippen molar-refractivity contribution in [3.05, 3.63) is 59.1 Å². The fourth-order valence-electron chi connectivity index (χ4n) is 4.48. The predicted molar refractivity (Wildman–Crippen MR) is 142 cm³/mol. The molecule has 1 fully saturated rings. The molecule has 0 bridgehead atoms. The predicted octanol–water partition coefficient (Wildman–Crippen LogP) is 3.98. The Bertz CT molecular complexity index is 1170. The molecule has 0 spiro atoms. The van der Waals surface area contributed by atoms with E-state index in [1.807, 2.05) is 13.0 Å². The average molecular weight is 536 g/mol. The van der Waals surface area contributed by atoms with E-state index in [-0.39, 0.29) is 18.5 Å². The SMILES string of the molecule is CC[C@@H](C(=O)NC1CCCC1)N(Cc1ccccc1Cl)C(=O)CN(c1cccc(OC)c1)S(C)(=O)=O. The first-order chi connectivity index (χ1) is 17.1. The van der Waals surface area contributed by atoms with Crippen LogP contribution in [0.5, 0.6) is 5.75 Å². The van der Waals surface area contributed by atoms with Crippen LogP contribution in [0.4, 0.5) is 5.69 Å². The number of sulfonamides is 1. The van der Waals surface area contributed by atoms with E-state index in [1.165, 1.54) is 12.0 Å². The Labute approximate surface area is 218 Å². The summed E-state index contributed by atoms with van der Waals surface area (Å²) in [5.41, 5.74) is 0.971. The van der Waals surface area contributed by atoms with Crippen molar-refractivity contribution in [2.24, 2.45) is 0 Å². The van der Waals surface area contributed by atoms with Gasteiger partial charge in [-0.2, -0.15) is 0 Å². The molecule has 2 amide bonds. The summed E-state index contributed by atoms with van der Waals surface area (Å²) >= 11 is 6.39. The molecule has 36 heavy (non-hydrogen) atoms. The number of rotatable bonds is 11. The molecule has 1 N–H and O–H groups in total. The van der Waals surface area contributed by atoms with Crippen LogP contribution in [-0.2, 0) is 26.2 Å². The van der Waals surface area contributed by atoms with Gasteiger partial charge in [0.1, 0.15) is 18.3 Å². The molecule has 1 saturated carbocycles. The highest BCUT2D eigenvalue weighted by Crippen LogP contribution is 2.25. The Balaban J connectivity index is 1.94. The maximum atomic E-state index is 13.8. The van der Waals surface area contributed by atoms with Gasteiger partial charge < -0.3 is 15.0 Å². The summed E-state index contributed by atoms with van der Waals surface area (Å²) in [6.45, 7) is 1.44. The standard InChI is InChI=1S/C26H34ClN3O5S/c1-4-24(26(32)28-20-11-6-7-12-20)29(17-19-10-5-8-15-23(19)27)25(31)18-30(36(3,33)34)21-13-9-14-22(16-21)35-2/h5,8-10,13-16,20,24H,4,6-7,11-12,17-18H2,1-3H3,(H,28,32)/t24-/m0/s1. The third-order valence-electron chi connectivity index (χ3n) is 6.41. The number of amides is 2. The molecule has 2 aromatic rings. The van der Waals surface area contributed by atoms with Gasteiger partial charge in [-0.1, -0.05) is 55.6 Å². The molecule has 0 heterocycles. The van der Waals surface area contributed by atoms with Crippen LogP contribution in [0, 0.1) is 0 Å². The smallest absolute Gasteiger partial charge is 0.244 e. The highest BCUT2D eigenvalue weighted by Gasteiger charge is 2.33. The lowest BCUT2D eigenvalue weighted by Crippen LogP contribution is -2.53. The topological polar surface area (TPSA) is 96.0 Å². The minimum Gasteiger partial charge on any atom is -0.497 e. The molecule has 8 nitrogen and oxygen atoms in total. The molecule has 3 rings (SSSR count). The zero-order valence-electron chi connectivity index (χ0n) is 20.9. The van der Waals surface area contributed by atoms with Crippen LogP contribution in [0.25, 0.3) is 0 Å². The molecular weight excluding hydrogens is 502 g/mol. The second kappa shape index (κ2) is 12.5. The summed E-state index contributed by atoms with van der Waals surface area (Å²) in [7, 11) is -2.34. The van der Waals surface area contributed by atoms with Crippen LogP contribution in [0.3, 0.4) is 0 Å². The molecule has 1 aliphatic carbocycles. The van der Waals surface area contributed by atoms with Crippen LogP contribution < -0.4 is 14.4 Å². The number of benzene rings is 2. The Morgan fingerprint density at radius 1 is 1.14 bits per heavy atom. The zero-order valence-corrected chi connectivity index (χ0v) is 22.5. The molecule has 0 radical (unpaired) electrons. The summed E-state index contributed by atoms with van der Waals surface area (Å²) in [5.74, 6) is -0.280. The largest absolute Gasteiger partial charge is 0.497 e. The lowest BCUT2D eigenvalue weighted by Gasteiger charge is -2.33. The average Bonchev–Trinajstić information content (AvgIpc) is 3.35. The van der Waals surface area contributed by atoms with Gasteiger partial charge in [-0.05, 0) is 43.0 Å². The maximum Gasteiger partial charge on any atom is 0.244 e. The van der Waals surface area contributed by atoms with Crippen molar-refractivity contribution in [3.8, 4) is 5.75 Å². The van der Waals surface area contributed by atoms with Gasteiger partial charge in [-0.25, -0.2) is 8.42 Å². The first-order valence-corrected chi connectivity index (χ1v) is 14.3. The summed E-state index contributed by atoms with van der Waals surface area (Å²) in [4.78, 5) is 28.5. The van der Waals surface area contributed by atoms with Gasteiger partial charge in [0.15, 0.2) is 0 Å². The van der Waals surface area contributed by atoms with Crippen LogP contribution in [-0.4, -0.2) is 57.1 Å². The number of halogens is 1. The van der Waals surface area contributed by atoms with E-state index in [1.54, 1.807) is 42.5 Å². The van der Waals surface area contributed by atoms with Gasteiger partial charge in [0, 0.05) is 23.7 Å². The zero-order chi connectivity index (χ0) is 26.3. The maximum absolute atomic E-state index is 13.8. The third kappa shape index (κ3) is 7.13. The first-order valence-electron chi connectivity index (χ1n) is 12.1. The molecule has 196 valence electrons. The van der Waals surface area contributed by atoms with E-state index < -0.39 is 28.5 Å². The van der Waals surface area contributed by atoms with Gasteiger partial charge in [0.25, 0.3) is 0 Å². The van der Waals surface area contributed by atoms with Crippen molar-refractivity contribution in [2.45, 2.75) is 57.7 Å². The number of anilines is 1. The highest BCUT2D eigenvalue weighted by atomic mass is 35.5. The van der Waals surface area contributed by atoms with E-state index in [9.17, 15) is 18.0 Å². The summed E-state index contributed by atoms with van der Waals surface area (Å²) in [6, 6.07) is 12.9. The first kappa shape index (κ1) is 27.8. The van der Waals surface area contributed by atoms with E-state index in [2.05, 4.69) is 5.32 Å². The minimum atomic E-state index is -3.82. The number of methoxy groups -OCH3 is 1. The second-order valence-electron chi connectivity index (χ2n) is 9.00. The number of carbonyl (C=O) groups is 2. The van der Waals surface area contributed by atoms with Gasteiger partial charge in [-0.15, -0.1) is 0 Å². The van der Waals surface area contributed by atoms with E-state index >= 15 is 0 Å². The van der Waals surface area contributed by atoms with Crippen LogP contribution in [0.15, 0.2) is 48.5 Å². The summed E-state index contributed by atoms with van der Waals surface area (Å²) in [6.07, 6.45) is 5.37. The van der Waals surface area contributed by atoms with Crippen LogP contribution in [0.2, 0.25) is 5.02 Å². The van der Waals surface area contributed by atoms with Gasteiger partial charge >= 0.3 is 0 Å². The Morgan fingerprint density at radius 3 is 2.44 bits per heavy atom. The van der Waals surface area contributed by atoms with Crippen LogP contribution in [0.1, 0.15) is 44.6 Å². The number of hydrogen-bond acceptors (Lipinski definition) is 5. The summed E-state index contributed by atoms with van der Waals surface area (Å²) < 4.78 is 31.7. The van der Waals surface area contributed by atoms with E-state index in [0.717, 1.165) is 36.2 Å². The van der Waals surface area contributed by atoms with Gasteiger partial charge in [0.2, 0.25) is 21.8 Å². The van der Waals surface area contributed by atoms with Gasteiger partial charge in [0.05, 0.1) is 19.1 Å². The molecule has 10 heteroatoms. The molecule has 0 unspecified atom stereocenters. The fraction of sp³-hybridized carbons (Fsp3) is 0.462. The normalized spacial score (nSPS) is 14.8. The Morgan fingerprint density at radius 2 is 1.83 bits per heavy atom.